The second kappa shape index (κ2) is 6.05. The van der Waals surface area contributed by atoms with Crippen molar-refractivity contribution in [3.8, 4) is 0 Å². The predicted octanol–water partition coefficient (Wildman–Crippen LogP) is 2.39. The van der Waals surface area contributed by atoms with Crippen molar-refractivity contribution >= 4 is 21.1 Å². The zero-order valence-electron chi connectivity index (χ0n) is 12.7. The topological polar surface area (TPSA) is 89.2 Å². The van der Waals surface area contributed by atoms with Crippen LogP contribution in [0.15, 0.2) is 52.3 Å². The molecule has 23 heavy (non-hydrogen) atoms. The molecule has 3 aromatic rings. The Kier molecular flexibility index (Phi) is 4.10. The molecular formula is C15H16N4O3S. The molecule has 2 aromatic heterocycles. The van der Waals surface area contributed by atoms with Gasteiger partial charge in [0.05, 0.1) is 0 Å². The molecule has 0 saturated heterocycles. The van der Waals surface area contributed by atoms with Crippen LogP contribution in [0.25, 0.3) is 11.0 Å². The van der Waals surface area contributed by atoms with Crippen molar-refractivity contribution in [1.29, 1.82) is 0 Å². The molecule has 0 saturated carbocycles. The molecule has 0 fully saturated rings. The first kappa shape index (κ1) is 15.6. The van der Waals surface area contributed by atoms with E-state index in [0.717, 1.165) is 5.56 Å². The van der Waals surface area contributed by atoms with Crippen molar-refractivity contribution in [2.75, 3.05) is 6.54 Å². The molecule has 1 aromatic carbocycles. The number of fused-ring (bicyclic) bond motifs is 1. The molecule has 0 aliphatic heterocycles. The summed E-state index contributed by atoms with van der Waals surface area (Å²) >= 11 is 0. The van der Waals surface area contributed by atoms with Gasteiger partial charge in [-0.15, -0.1) is 0 Å². The molecule has 0 amide bonds. The minimum absolute atomic E-state index is 0.0915. The van der Waals surface area contributed by atoms with Gasteiger partial charge in [-0.2, -0.15) is 4.31 Å². The maximum atomic E-state index is 13.1. The highest BCUT2D eigenvalue weighted by Crippen LogP contribution is 2.29. The summed E-state index contributed by atoms with van der Waals surface area (Å²) in [7, 11) is -3.75. The maximum Gasteiger partial charge on any atom is 0.245 e. The summed E-state index contributed by atoms with van der Waals surface area (Å²) in [6.45, 7) is 3.95. The SMILES string of the molecule is CCN(C(C)c1cccnc1)S(=O)(=O)c1cccc2nonc12. The number of sulfonamides is 1. The van der Waals surface area contributed by atoms with Gasteiger partial charge in [0, 0.05) is 25.0 Å². The molecule has 1 atom stereocenters. The number of nitrogens with zero attached hydrogens (tertiary/aromatic N) is 4. The van der Waals surface area contributed by atoms with E-state index in [1.54, 1.807) is 37.5 Å². The van der Waals surface area contributed by atoms with Crippen molar-refractivity contribution in [2.45, 2.75) is 24.8 Å². The van der Waals surface area contributed by atoms with Crippen LogP contribution in [0.4, 0.5) is 0 Å². The van der Waals surface area contributed by atoms with E-state index in [0.29, 0.717) is 12.1 Å². The molecule has 0 N–H and O–H groups in total. The largest absolute Gasteiger partial charge is 0.264 e. The van der Waals surface area contributed by atoms with Crippen molar-refractivity contribution in [1.82, 2.24) is 19.6 Å². The lowest BCUT2D eigenvalue weighted by atomic mass is 10.1. The molecule has 0 spiro atoms. The van der Waals surface area contributed by atoms with E-state index in [2.05, 4.69) is 19.9 Å². The van der Waals surface area contributed by atoms with E-state index >= 15 is 0 Å². The second-order valence-corrected chi connectivity index (χ2v) is 6.92. The minimum atomic E-state index is -3.75. The Labute approximate surface area is 134 Å². The number of hydrogen-bond donors (Lipinski definition) is 0. The Morgan fingerprint density at radius 3 is 2.74 bits per heavy atom. The van der Waals surface area contributed by atoms with Crippen molar-refractivity contribution < 1.29 is 13.0 Å². The number of benzene rings is 1. The molecule has 120 valence electrons. The van der Waals surface area contributed by atoms with Crippen LogP contribution in [-0.4, -0.2) is 34.6 Å². The Morgan fingerprint density at radius 2 is 2.04 bits per heavy atom. The summed E-state index contributed by atoms with van der Waals surface area (Å²) in [5.74, 6) is 0. The number of rotatable bonds is 5. The van der Waals surface area contributed by atoms with Crippen LogP contribution < -0.4 is 0 Å². The van der Waals surface area contributed by atoms with Crippen LogP contribution in [0.2, 0.25) is 0 Å². The molecule has 2 heterocycles. The summed E-state index contributed by atoms with van der Waals surface area (Å²) in [6, 6.07) is 8.09. The van der Waals surface area contributed by atoms with Gasteiger partial charge in [0.15, 0.2) is 5.52 Å². The van der Waals surface area contributed by atoms with Crippen molar-refractivity contribution in [3.63, 3.8) is 0 Å². The second-order valence-electron chi connectivity index (χ2n) is 5.06. The lowest BCUT2D eigenvalue weighted by Gasteiger charge is -2.27. The summed E-state index contributed by atoms with van der Waals surface area (Å²) in [6.07, 6.45) is 3.32. The molecule has 3 rings (SSSR count). The van der Waals surface area contributed by atoms with E-state index in [1.807, 2.05) is 13.0 Å². The van der Waals surface area contributed by atoms with Gasteiger partial charge in [0.1, 0.15) is 10.4 Å². The molecular weight excluding hydrogens is 316 g/mol. The molecule has 1 unspecified atom stereocenters. The molecule has 7 nitrogen and oxygen atoms in total. The average molecular weight is 332 g/mol. The third-order valence-electron chi connectivity index (χ3n) is 3.75. The van der Waals surface area contributed by atoms with Crippen LogP contribution in [-0.2, 0) is 10.0 Å². The van der Waals surface area contributed by atoms with Crippen LogP contribution in [0, 0.1) is 0 Å². The first-order chi connectivity index (χ1) is 11.1. The van der Waals surface area contributed by atoms with Gasteiger partial charge in [-0.05, 0) is 41.0 Å². The van der Waals surface area contributed by atoms with Gasteiger partial charge in [-0.3, -0.25) is 4.98 Å². The Balaban J connectivity index is 2.08. The molecule has 0 bridgehead atoms. The van der Waals surface area contributed by atoms with E-state index in [-0.39, 0.29) is 16.5 Å². The quantitative estimate of drug-likeness (QED) is 0.712. The van der Waals surface area contributed by atoms with Crippen molar-refractivity contribution in [3.05, 3.63) is 48.3 Å². The fraction of sp³-hybridized carbons (Fsp3) is 0.267. The zero-order chi connectivity index (χ0) is 16.4. The predicted molar refractivity (Wildman–Crippen MR) is 84.0 cm³/mol. The Bertz CT molecular complexity index is 909. The van der Waals surface area contributed by atoms with E-state index < -0.39 is 10.0 Å². The highest BCUT2D eigenvalue weighted by molar-refractivity contribution is 7.89. The average Bonchev–Trinajstić information content (AvgIpc) is 3.04. The fourth-order valence-corrected chi connectivity index (χ4v) is 4.32. The van der Waals surface area contributed by atoms with Crippen LogP contribution in [0.5, 0.6) is 0 Å². The van der Waals surface area contributed by atoms with Gasteiger partial charge >= 0.3 is 0 Å². The van der Waals surface area contributed by atoms with Gasteiger partial charge < -0.3 is 0 Å². The monoisotopic (exact) mass is 332 g/mol. The standard InChI is InChI=1S/C15H16N4O3S/c1-3-19(11(2)12-6-5-9-16-10-12)23(20,21)14-8-4-7-13-15(14)18-22-17-13/h4-11H,3H2,1-2H3. The normalized spacial score (nSPS) is 13.5. The first-order valence-electron chi connectivity index (χ1n) is 7.18. The van der Waals surface area contributed by atoms with E-state index in [4.69, 9.17) is 0 Å². The number of hydrogen-bond acceptors (Lipinski definition) is 6. The fourth-order valence-electron chi connectivity index (χ4n) is 2.56. The Hall–Kier alpha value is -2.32. The lowest BCUT2D eigenvalue weighted by Crippen LogP contribution is -2.33. The van der Waals surface area contributed by atoms with Crippen LogP contribution in [0.3, 0.4) is 0 Å². The van der Waals surface area contributed by atoms with E-state index in [1.165, 1.54) is 10.4 Å². The third-order valence-corrected chi connectivity index (χ3v) is 5.82. The molecule has 8 heteroatoms. The summed E-state index contributed by atoms with van der Waals surface area (Å²) in [4.78, 5) is 4.15. The summed E-state index contributed by atoms with van der Waals surface area (Å²) in [5.41, 5.74) is 1.48. The molecule has 0 radical (unpaired) electrons. The summed E-state index contributed by atoms with van der Waals surface area (Å²) < 4.78 is 32.2. The van der Waals surface area contributed by atoms with Gasteiger partial charge in [-0.25, -0.2) is 13.0 Å². The first-order valence-corrected chi connectivity index (χ1v) is 8.62. The molecule has 0 aliphatic rings. The maximum absolute atomic E-state index is 13.1. The van der Waals surface area contributed by atoms with Gasteiger partial charge in [0.25, 0.3) is 0 Å². The van der Waals surface area contributed by atoms with Gasteiger partial charge in [-0.1, -0.05) is 19.1 Å². The smallest absolute Gasteiger partial charge is 0.245 e. The summed E-state index contributed by atoms with van der Waals surface area (Å²) in [5, 5.41) is 7.43. The third kappa shape index (κ3) is 2.71. The highest BCUT2D eigenvalue weighted by Gasteiger charge is 2.31. The van der Waals surface area contributed by atoms with Crippen molar-refractivity contribution in [2.24, 2.45) is 0 Å². The Morgan fingerprint density at radius 1 is 1.22 bits per heavy atom. The molecule has 0 aliphatic carbocycles. The minimum Gasteiger partial charge on any atom is -0.264 e. The van der Waals surface area contributed by atoms with Crippen LogP contribution in [0.1, 0.15) is 25.5 Å². The number of pyridine rings is 1. The zero-order valence-corrected chi connectivity index (χ0v) is 13.6. The highest BCUT2D eigenvalue weighted by atomic mass is 32.2. The van der Waals surface area contributed by atoms with E-state index in [9.17, 15) is 8.42 Å². The number of aromatic nitrogens is 3. The lowest BCUT2D eigenvalue weighted by molar-refractivity contribution is 0.314. The van der Waals surface area contributed by atoms with Crippen LogP contribution >= 0.6 is 0 Å². The van der Waals surface area contributed by atoms with Gasteiger partial charge in [0.2, 0.25) is 10.0 Å².